The number of aromatic nitrogens is 2. The number of hydrogen-bond acceptors (Lipinski definition) is 1. The van der Waals surface area contributed by atoms with E-state index in [2.05, 4.69) is 45.2 Å². The van der Waals surface area contributed by atoms with Gasteiger partial charge in [-0.3, -0.25) is 4.40 Å². The zero-order chi connectivity index (χ0) is 10.1. The number of nitrogens with zero attached hydrogens (tertiary/aromatic N) is 2. The maximum absolute atomic E-state index is 4.31. The van der Waals surface area contributed by atoms with Gasteiger partial charge >= 0.3 is 0 Å². The van der Waals surface area contributed by atoms with Crippen LogP contribution in [0, 0.1) is 0 Å². The van der Waals surface area contributed by atoms with Gasteiger partial charge in [-0.1, -0.05) is 5.57 Å². The highest BCUT2D eigenvalue weighted by Gasteiger charge is 2.00. The predicted molar refractivity (Wildman–Crippen MR) is 62.2 cm³/mol. The highest BCUT2D eigenvalue weighted by molar-refractivity contribution is 9.10. The molecular formula is C11H11BrN2. The highest BCUT2D eigenvalue weighted by atomic mass is 79.9. The van der Waals surface area contributed by atoms with E-state index in [9.17, 15) is 0 Å². The van der Waals surface area contributed by atoms with E-state index in [1.807, 2.05) is 24.5 Å². The largest absolute Gasteiger partial charge is 0.299 e. The summed E-state index contributed by atoms with van der Waals surface area (Å²) in [6.45, 7) is 4.16. The molecule has 0 aliphatic heterocycles. The third-order valence-corrected chi connectivity index (χ3v) is 2.40. The smallest absolute Gasteiger partial charge is 0.137 e. The Balaban J connectivity index is 2.67. The molecule has 0 fully saturated rings. The van der Waals surface area contributed by atoms with Gasteiger partial charge in [-0.15, -0.1) is 0 Å². The summed E-state index contributed by atoms with van der Waals surface area (Å²) in [5, 5.41) is 0. The maximum Gasteiger partial charge on any atom is 0.137 e. The summed E-state index contributed by atoms with van der Waals surface area (Å²) in [6, 6.07) is 3.99. The zero-order valence-electron chi connectivity index (χ0n) is 8.16. The minimum atomic E-state index is 0.973. The maximum atomic E-state index is 4.31. The molecule has 0 bridgehead atoms. The van der Waals surface area contributed by atoms with Crippen LogP contribution in [-0.4, -0.2) is 9.38 Å². The zero-order valence-corrected chi connectivity index (χ0v) is 9.75. The van der Waals surface area contributed by atoms with Crippen LogP contribution in [0.25, 0.3) is 11.7 Å². The van der Waals surface area contributed by atoms with Gasteiger partial charge in [0.1, 0.15) is 5.65 Å². The highest BCUT2D eigenvalue weighted by Crippen LogP contribution is 2.15. The third-order valence-electron chi connectivity index (χ3n) is 1.93. The Hall–Kier alpha value is -1.09. The summed E-state index contributed by atoms with van der Waals surface area (Å²) >= 11 is 3.45. The van der Waals surface area contributed by atoms with Gasteiger partial charge in [-0.25, -0.2) is 4.98 Å². The molecule has 0 aliphatic rings. The predicted octanol–water partition coefficient (Wildman–Crippen LogP) is 3.52. The molecule has 0 atom stereocenters. The summed E-state index contributed by atoms with van der Waals surface area (Å²) in [5.74, 6) is 0. The molecule has 2 aromatic rings. The number of allylic oxidation sites excluding steroid dienone is 1. The van der Waals surface area contributed by atoms with E-state index in [1.54, 1.807) is 0 Å². The van der Waals surface area contributed by atoms with Crippen LogP contribution in [0.4, 0.5) is 0 Å². The molecule has 72 valence electrons. The first-order valence-electron chi connectivity index (χ1n) is 4.44. The number of imidazole rings is 1. The van der Waals surface area contributed by atoms with Crippen molar-refractivity contribution >= 4 is 27.7 Å². The van der Waals surface area contributed by atoms with E-state index >= 15 is 0 Å². The number of hydrogen-bond donors (Lipinski definition) is 0. The lowest BCUT2D eigenvalue weighted by Crippen LogP contribution is -1.86. The topological polar surface area (TPSA) is 17.3 Å². The van der Waals surface area contributed by atoms with E-state index < -0.39 is 0 Å². The number of halogens is 1. The van der Waals surface area contributed by atoms with Crippen molar-refractivity contribution in [2.24, 2.45) is 0 Å². The minimum Gasteiger partial charge on any atom is -0.299 e. The minimum absolute atomic E-state index is 0.973. The summed E-state index contributed by atoms with van der Waals surface area (Å²) in [5.41, 5.74) is 3.36. The molecule has 2 rings (SSSR count). The van der Waals surface area contributed by atoms with Crippen LogP contribution < -0.4 is 0 Å². The molecule has 2 nitrogen and oxygen atoms in total. The molecule has 0 unspecified atom stereocenters. The number of rotatable bonds is 1. The Morgan fingerprint density at radius 2 is 2.21 bits per heavy atom. The lowest BCUT2D eigenvalue weighted by atomic mass is 10.3. The third kappa shape index (κ3) is 1.73. The fraction of sp³-hybridized carbons (Fsp3) is 0.182. The Morgan fingerprint density at radius 3 is 2.93 bits per heavy atom. The van der Waals surface area contributed by atoms with E-state index in [4.69, 9.17) is 0 Å². The van der Waals surface area contributed by atoms with Crippen LogP contribution in [0.2, 0.25) is 0 Å². The van der Waals surface area contributed by atoms with Gasteiger partial charge in [0.2, 0.25) is 0 Å². The second kappa shape index (κ2) is 3.58. The summed E-state index contributed by atoms with van der Waals surface area (Å²) in [4.78, 5) is 4.31. The van der Waals surface area contributed by atoms with Gasteiger partial charge in [0.05, 0.1) is 11.9 Å². The molecule has 0 N–H and O–H groups in total. The van der Waals surface area contributed by atoms with Gasteiger partial charge < -0.3 is 0 Å². The number of fused-ring (bicyclic) bond motifs is 1. The Kier molecular flexibility index (Phi) is 2.42. The van der Waals surface area contributed by atoms with Crippen molar-refractivity contribution in [1.29, 1.82) is 0 Å². The molecule has 0 amide bonds. The molecule has 0 saturated carbocycles. The van der Waals surface area contributed by atoms with Crippen molar-refractivity contribution in [3.8, 4) is 0 Å². The Morgan fingerprint density at radius 1 is 1.43 bits per heavy atom. The van der Waals surface area contributed by atoms with Crippen LogP contribution in [0.5, 0.6) is 0 Å². The SMILES string of the molecule is CC(C)=Cc1cnc2ccc(Br)cn12. The van der Waals surface area contributed by atoms with Crippen molar-refractivity contribution < 1.29 is 0 Å². The fourth-order valence-electron chi connectivity index (χ4n) is 1.38. The molecule has 2 aromatic heterocycles. The molecule has 0 radical (unpaired) electrons. The lowest BCUT2D eigenvalue weighted by Gasteiger charge is -1.98. The van der Waals surface area contributed by atoms with Crippen LogP contribution >= 0.6 is 15.9 Å². The van der Waals surface area contributed by atoms with Crippen molar-refractivity contribution in [3.05, 3.63) is 40.3 Å². The molecule has 2 heterocycles. The Bertz CT molecular complexity index is 493. The average Bonchev–Trinajstić information content (AvgIpc) is 2.47. The van der Waals surface area contributed by atoms with Crippen LogP contribution in [-0.2, 0) is 0 Å². The molecule has 0 aliphatic carbocycles. The van der Waals surface area contributed by atoms with Gasteiger partial charge in [-0.05, 0) is 48.0 Å². The first-order chi connectivity index (χ1) is 6.66. The average molecular weight is 251 g/mol. The van der Waals surface area contributed by atoms with Crippen molar-refractivity contribution in [3.63, 3.8) is 0 Å². The molecule has 14 heavy (non-hydrogen) atoms. The van der Waals surface area contributed by atoms with E-state index in [-0.39, 0.29) is 0 Å². The second-order valence-corrected chi connectivity index (χ2v) is 4.40. The van der Waals surface area contributed by atoms with Crippen LogP contribution in [0.1, 0.15) is 19.5 Å². The fourth-order valence-corrected chi connectivity index (χ4v) is 1.71. The first kappa shape index (κ1) is 9.46. The summed E-state index contributed by atoms with van der Waals surface area (Å²) < 4.78 is 3.13. The summed E-state index contributed by atoms with van der Waals surface area (Å²) in [7, 11) is 0. The van der Waals surface area contributed by atoms with E-state index in [1.165, 1.54) is 5.57 Å². The normalized spacial score (nSPS) is 10.5. The first-order valence-corrected chi connectivity index (χ1v) is 5.23. The van der Waals surface area contributed by atoms with Gasteiger partial charge in [0.25, 0.3) is 0 Å². The molecular weight excluding hydrogens is 240 g/mol. The van der Waals surface area contributed by atoms with Gasteiger partial charge in [0, 0.05) is 10.7 Å². The Labute approximate surface area is 91.4 Å². The quantitative estimate of drug-likeness (QED) is 0.757. The van der Waals surface area contributed by atoms with Crippen molar-refractivity contribution in [2.75, 3.05) is 0 Å². The monoisotopic (exact) mass is 250 g/mol. The van der Waals surface area contributed by atoms with Crippen molar-refractivity contribution in [2.45, 2.75) is 13.8 Å². The molecule has 0 spiro atoms. The van der Waals surface area contributed by atoms with Crippen molar-refractivity contribution in [1.82, 2.24) is 9.38 Å². The van der Waals surface area contributed by atoms with Gasteiger partial charge in [0.15, 0.2) is 0 Å². The second-order valence-electron chi connectivity index (χ2n) is 3.48. The summed E-state index contributed by atoms with van der Waals surface area (Å²) in [6.07, 6.45) is 6.03. The van der Waals surface area contributed by atoms with Crippen LogP contribution in [0.3, 0.4) is 0 Å². The molecule has 0 aromatic carbocycles. The lowest BCUT2D eigenvalue weighted by molar-refractivity contribution is 1.15. The van der Waals surface area contributed by atoms with Crippen LogP contribution in [0.15, 0.2) is 34.6 Å². The van der Waals surface area contributed by atoms with Gasteiger partial charge in [-0.2, -0.15) is 0 Å². The molecule has 0 saturated heterocycles. The number of pyridine rings is 1. The van der Waals surface area contributed by atoms with E-state index in [0.29, 0.717) is 0 Å². The molecule has 3 heteroatoms. The van der Waals surface area contributed by atoms with E-state index in [0.717, 1.165) is 15.8 Å². The standard InChI is InChI=1S/C11H11BrN2/c1-8(2)5-10-6-13-11-4-3-9(12)7-14(10)11/h3-7H,1-2H3.